The van der Waals surface area contributed by atoms with Gasteiger partial charge in [0.25, 0.3) is 40.5 Å². The number of azo groups is 4. The van der Waals surface area contributed by atoms with E-state index in [-0.39, 0.29) is 100 Å². The summed E-state index contributed by atoms with van der Waals surface area (Å²) in [6, 6.07) is 21.2. The number of thioether (sulfide) groups is 2. The summed E-state index contributed by atoms with van der Waals surface area (Å²) in [4.78, 5) is 4.65. The molecule has 0 atom stereocenters. The average Bonchev–Trinajstić information content (AvgIpc) is 1.58. The third-order valence-electron chi connectivity index (χ3n) is 12.1. The van der Waals surface area contributed by atoms with Crippen LogP contribution in [-0.2, 0) is 51.1 Å². The number of hydrogen-bond donors (Lipinski definition) is 5. The molecule has 29 nitrogen and oxygen atoms in total. The number of rotatable bonds is 26. The Kier molecular flexibility index (Phi) is 23.9. The smallest absolute Gasteiger partial charge is 0.425 e. The maximum Gasteiger partial charge on any atom is 0.425 e. The number of ether oxygens (including phenoxy) is 2. The van der Waals surface area contributed by atoms with Gasteiger partial charge < -0.3 is 14.6 Å². The number of unbranched alkanes of at least 4 members (excludes halogenated alkanes) is 1. The molecule has 0 saturated heterocycles. The van der Waals surface area contributed by atoms with E-state index in [4.69, 9.17) is 33.7 Å². The molecule has 468 valence electrons. The highest BCUT2D eigenvalue weighted by atomic mass is 35.5. The molecule has 2 aromatic heterocycles. The highest BCUT2D eigenvalue weighted by molar-refractivity contribution is 7.99. The van der Waals surface area contributed by atoms with Crippen LogP contribution in [0.3, 0.4) is 0 Å². The van der Waals surface area contributed by atoms with Crippen molar-refractivity contribution in [2.24, 2.45) is 40.9 Å². The SMILES string of the molecule is COc1ccc2c(nc3c(C#N)c(C)c(N=Nc4cc(C)c(N=Nc5cc(C)c(N=Nc6cc(C)c(N=Nc7ccc(Cl)cc7)cc6SCCCS(=O)(=O)O)cc5SCCCS(=O)(=O)O)cc4OCCCCS(=O)(=O)O)c(O)n32)c1S(=O)(=O)O.O=S(=O)=O. The summed E-state index contributed by atoms with van der Waals surface area (Å²) in [7, 11) is -19.7. The number of nitriles is 1. The fourth-order valence-corrected chi connectivity index (χ4v) is 12.7. The molecule has 5 N–H and O–H groups in total. The van der Waals surface area contributed by atoms with Gasteiger partial charge in [0, 0.05) is 26.4 Å². The lowest BCUT2D eigenvalue weighted by atomic mass is 10.1. The molecule has 88 heavy (non-hydrogen) atoms. The van der Waals surface area contributed by atoms with E-state index in [0.717, 1.165) is 4.40 Å². The first-order chi connectivity index (χ1) is 41.3. The number of aryl methyl sites for hydroxylation is 3. The Labute approximate surface area is 519 Å². The number of halogens is 1. The number of fused-ring (bicyclic) bond motifs is 3. The zero-order valence-corrected chi connectivity index (χ0v) is 53.2. The summed E-state index contributed by atoms with van der Waals surface area (Å²) >= 11 is 8.50. The number of pyridine rings is 1. The predicted octanol–water partition coefficient (Wildman–Crippen LogP) is 12.7. The van der Waals surface area contributed by atoms with Crippen molar-refractivity contribution < 1.29 is 79.1 Å². The molecule has 7 rings (SSSR count). The van der Waals surface area contributed by atoms with Crippen LogP contribution in [0.5, 0.6) is 17.4 Å². The second-order valence-corrected chi connectivity index (χ2v) is 27.8. The molecule has 37 heteroatoms. The van der Waals surface area contributed by atoms with Crippen LogP contribution >= 0.6 is 35.1 Å². The Morgan fingerprint density at radius 1 is 0.614 bits per heavy atom. The van der Waals surface area contributed by atoms with Gasteiger partial charge in [-0.25, -0.2) is 4.98 Å². The van der Waals surface area contributed by atoms with Crippen molar-refractivity contribution in [3.8, 4) is 23.4 Å². The number of aromatic hydroxyl groups is 1. The Hall–Kier alpha value is -7.41. The first kappa shape index (κ1) is 69.7. The van der Waals surface area contributed by atoms with Crippen LogP contribution in [0.1, 0.15) is 53.5 Å². The van der Waals surface area contributed by atoms with Crippen molar-refractivity contribution in [3.05, 3.63) is 106 Å². The molecule has 0 spiro atoms. The van der Waals surface area contributed by atoms with Crippen molar-refractivity contribution in [1.29, 1.82) is 5.26 Å². The van der Waals surface area contributed by atoms with E-state index in [0.29, 0.717) is 59.9 Å². The van der Waals surface area contributed by atoms with E-state index in [2.05, 4.69) is 45.9 Å². The van der Waals surface area contributed by atoms with E-state index < -0.39 is 79.1 Å². The second kappa shape index (κ2) is 30.2. The molecule has 0 unspecified atom stereocenters. The molecule has 0 aliphatic rings. The maximum absolute atomic E-state index is 12.5. The predicted molar refractivity (Wildman–Crippen MR) is 326 cm³/mol. The molecule has 0 saturated carbocycles. The summed E-state index contributed by atoms with van der Waals surface area (Å²) < 4.78 is 170. The fourth-order valence-electron chi connectivity index (χ4n) is 7.95. The number of aromatic nitrogens is 2. The zero-order chi connectivity index (χ0) is 64.9. The van der Waals surface area contributed by atoms with Crippen LogP contribution in [0.15, 0.2) is 128 Å². The molecule has 0 fully saturated rings. The number of hydrogen-bond acceptors (Lipinski definition) is 26. The molecule has 7 aromatic rings. The lowest BCUT2D eigenvalue weighted by Crippen LogP contribution is -2.06. The summed E-state index contributed by atoms with van der Waals surface area (Å²) in [5.74, 6) is -1.86. The van der Waals surface area contributed by atoms with E-state index in [1.165, 1.54) is 61.8 Å². The molecular formula is C51H52ClN11O18S7. The molecule has 0 radical (unpaired) electrons. The van der Waals surface area contributed by atoms with Gasteiger partial charge in [-0.05, 0) is 148 Å². The van der Waals surface area contributed by atoms with Crippen LogP contribution < -0.4 is 9.47 Å². The molecular weight excluding hydrogens is 1310 g/mol. The Balaban J connectivity index is 0.00000299. The van der Waals surface area contributed by atoms with Crippen molar-refractivity contribution in [1.82, 2.24) is 9.38 Å². The summed E-state index contributed by atoms with van der Waals surface area (Å²) in [5, 5.41) is 58.3. The number of nitrogens with zero attached hydrogens (tertiary/aromatic N) is 11. The highest BCUT2D eigenvalue weighted by Crippen LogP contribution is 2.45. The Morgan fingerprint density at radius 2 is 1.08 bits per heavy atom. The van der Waals surface area contributed by atoms with Crippen molar-refractivity contribution in [2.75, 3.05) is 42.5 Å². The van der Waals surface area contributed by atoms with Crippen molar-refractivity contribution >= 4 is 148 Å². The van der Waals surface area contributed by atoms with Crippen LogP contribution in [0.25, 0.3) is 16.7 Å². The minimum atomic E-state index is -4.95. The number of methoxy groups -OCH3 is 1. The minimum absolute atomic E-state index is 0.0199. The van der Waals surface area contributed by atoms with Gasteiger partial charge in [-0.3, -0.25) is 22.6 Å². The lowest BCUT2D eigenvalue weighted by Gasteiger charge is -2.12. The van der Waals surface area contributed by atoms with Gasteiger partial charge in [-0.15, -0.1) is 56.6 Å². The van der Waals surface area contributed by atoms with Gasteiger partial charge in [-0.2, -0.15) is 59.4 Å². The largest absolute Gasteiger partial charge is 0.495 e. The third-order valence-corrected chi connectivity index (χ3v) is 17.9. The monoisotopic (exact) mass is 1370 g/mol. The molecule has 0 aliphatic heterocycles. The number of imidazole rings is 1. The van der Waals surface area contributed by atoms with E-state index >= 15 is 0 Å². The average molecular weight is 1370 g/mol. The van der Waals surface area contributed by atoms with Gasteiger partial charge in [-0.1, -0.05) is 11.6 Å². The van der Waals surface area contributed by atoms with Crippen LogP contribution in [0.4, 0.5) is 45.5 Å². The first-order valence-corrected chi connectivity index (χ1v) is 34.9. The highest BCUT2D eigenvalue weighted by Gasteiger charge is 2.28. The van der Waals surface area contributed by atoms with Crippen LogP contribution in [0, 0.1) is 39.0 Å². The van der Waals surface area contributed by atoms with E-state index in [1.54, 1.807) is 69.3 Å². The number of benzene rings is 5. The quantitative estimate of drug-likeness (QED) is 0.0145. The standard InChI is InChI=1S/C51H52ClN11O15S6.O3S/c1-29-22-39(59-62-47-32(4)35(28-53)50-54-48-42(63(50)51(47)64)14-15-43(77-5)49(48)84(74,75)76)44(78-16-6-7-19-81(65,66)67)25-36(29)57-60-40-24-31(3)38(27-46(40)80-18-9-21-83(71,72)73)58-61-41-23-30(2)37(56-55-34-12-10-33(52)11-13-34)26-45(41)79-17-8-20-82(68,69)70;1-4(2)3/h10-15,22-27,64H,6-9,16-21H2,1-5H3,(H,65,66,67)(H,68,69,70)(H,71,72,73)(H,74,75,76);. The minimum Gasteiger partial charge on any atom is -0.495 e. The van der Waals surface area contributed by atoms with Gasteiger partial charge in [0.05, 0.1) is 70.6 Å². The van der Waals surface area contributed by atoms with Crippen molar-refractivity contribution in [3.63, 3.8) is 0 Å². The third kappa shape index (κ3) is 19.8. The normalized spacial score (nSPS) is 12.4. The molecule has 5 aromatic carbocycles. The van der Waals surface area contributed by atoms with Crippen molar-refractivity contribution in [2.45, 2.75) is 68.1 Å². The molecule has 2 heterocycles. The molecule has 0 aliphatic carbocycles. The second-order valence-electron chi connectivity index (χ2n) is 18.6. The van der Waals surface area contributed by atoms with Crippen LogP contribution in [0.2, 0.25) is 5.02 Å². The maximum atomic E-state index is 12.5. The van der Waals surface area contributed by atoms with E-state index in [1.807, 2.05) is 6.07 Å². The first-order valence-electron chi connectivity index (χ1n) is 25.3. The van der Waals surface area contributed by atoms with Crippen LogP contribution in [-0.4, -0.2) is 121 Å². The topological polar surface area (TPSA) is 447 Å². The fraction of sp³-hybridized carbons (Fsp3) is 0.294. The Bertz CT molecular complexity index is 4580. The molecule has 0 bridgehead atoms. The van der Waals surface area contributed by atoms with Gasteiger partial charge in [0.15, 0.2) is 16.2 Å². The summed E-state index contributed by atoms with van der Waals surface area (Å²) in [6.45, 7) is 6.57. The van der Waals surface area contributed by atoms with E-state index in [9.17, 15) is 62.3 Å². The zero-order valence-electron chi connectivity index (χ0n) is 46.7. The van der Waals surface area contributed by atoms with Gasteiger partial charge in [0.1, 0.15) is 34.3 Å². The lowest BCUT2D eigenvalue weighted by molar-refractivity contribution is 0.310. The Morgan fingerprint density at radius 3 is 1.57 bits per heavy atom. The summed E-state index contributed by atoms with van der Waals surface area (Å²) in [5.41, 5.74) is 3.32. The summed E-state index contributed by atoms with van der Waals surface area (Å²) in [6.07, 6.45) is 0.338. The van der Waals surface area contributed by atoms with Gasteiger partial charge in [0.2, 0.25) is 5.88 Å². The van der Waals surface area contributed by atoms with Gasteiger partial charge >= 0.3 is 10.6 Å². The molecule has 0 amide bonds.